The number of rotatable bonds is 2. The van der Waals surface area contributed by atoms with Crippen molar-refractivity contribution in [1.82, 2.24) is 0 Å². The van der Waals surface area contributed by atoms with Gasteiger partial charge in [0.1, 0.15) is 0 Å². The topological polar surface area (TPSA) is 37.3 Å². The van der Waals surface area contributed by atoms with Gasteiger partial charge < -0.3 is 0 Å². The molecule has 15 heavy (non-hydrogen) atoms. The van der Waals surface area contributed by atoms with Gasteiger partial charge in [0.25, 0.3) is 0 Å². The molecule has 0 saturated heterocycles. The molecule has 0 fully saturated rings. The molecule has 0 aliphatic rings. The molecule has 0 radical (unpaired) electrons. The fourth-order valence-corrected chi connectivity index (χ4v) is 4.45. The van der Waals surface area contributed by atoms with Crippen LogP contribution in [-0.4, -0.2) is 17.9 Å². The number of hydrogen-bond acceptors (Lipinski definition) is 1. The fraction of sp³-hybridized carbons (Fsp3) is 0. The third-order valence-corrected chi connectivity index (χ3v) is 6.40. The van der Waals surface area contributed by atoms with E-state index in [0.717, 1.165) is 0 Å². The van der Waals surface area contributed by atoms with Crippen LogP contribution in [0.2, 0.25) is 0 Å². The Labute approximate surface area is 91.2 Å². The SMILES string of the molecule is O=[As](O)(c1ccccc1)c1ccccc1. The molecule has 0 unspecified atom stereocenters. The van der Waals surface area contributed by atoms with E-state index in [-0.39, 0.29) is 0 Å². The Kier molecular flexibility index (Phi) is 2.81. The van der Waals surface area contributed by atoms with E-state index in [2.05, 4.69) is 0 Å². The van der Waals surface area contributed by atoms with E-state index in [9.17, 15) is 7.84 Å². The molecule has 0 aliphatic carbocycles. The first-order valence-electron chi connectivity index (χ1n) is 4.65. The van der Waals surface area contributed by atoms with Crippen molar-refractivity contribution in [1.29, 1.82) is 0 Å². The molecule has 0 aromatic heterocycles. The monoisotopic (exact) mass is 262 g/mol. The van der Waals surface area contributed by atoms with Crippen LogP contribution in [0.25, 0.3) is 0 Å². The zero-order valence-corrected chi connectivity index (χ0v) is 9.95. The van der Waals surface area contributed by atoms with E-state index >= 15 is 0 Å². The van der Waals surface area contributed by atoms with Gasteiger partial charge in [-0.15, -0.1) is 0 Å². The van der Waals surface area contributed by atoms with Crippen molar-refractivity contribution >= 4 is 22.5 Å². The third-order valence-electron chi connectivity index (χ3n) is 2.21. The van der Waals surface area contributed by atoms with Crippen LogP contribution < -0.4 is 8.70 Å². The molecule has 0 aliphatic heterocycles. The van der Waals surface area contributed by atoms with E-state index in [4.69, 9.17) is 0 Å². The zero-order chi connectivity index (χ0) is 10.7. The van der Waals surface area contributed by atoms with Crippen LogP contribution in [0, 0.1) is 0 Å². The average molecular weight is 262 g/mol. The Bertz CT molecular complexity index is 436. The van der Waals surface area contributed by atoms with Crippen molar-refractivity contribution in [2.45, 2.75) is 0 Å². The summed E-state index contributed by atoms with van der Waals surface area (Å²) in [6, 6.07) is 17.6. The van der Waals surface area contributed by atoms with E-state index < -0.39 is 13.8 Å². The van der Waals surface area contributed by atoms with E-state index in [1.54, 1.807) is 48.5 Å². The molecule has 2 aromatic carbocycles. The molecule has 3 heteroatoms. The van der Waals surface area contributed by atoms with Gasteiger partial charge in [0.15, 0.2) is 0 Å². The van der Waals surface area contributed by atoms with Gasteiger partial charge >= 0.3 is 91.0 Å². The summed E-state index contributed by atoms with van der Waals surface area (Å²) in [5.41, 5.74) is 0. The average Bonchev–Trinajstić information content (AvgIpc) is 2.31. The van der Waals surface area contributed by atoms with Gasteiger partial charge in [-0.1, -0.05) is 0 Å². The second kappa shape index (κ2) is 4.09. The first-order valence-corrected chi connectivity index (χ1v) is 8.13. The van der Waals surface area contributed by atoms with Crippen LogP contribution in [0.1, 0.15) is 0 Å². The first kappa shape index (κ1) is 10.3. The summed E-state index contributed by atoms with van der Waals surface area (Å²) in [5.74, 6) is 0. The Morgan fingerprint density at radius 1 is 0.733 bits per heavy atom. The summed E-state index contributed by atoms with van der Waals surface area (Å²) < 4.78 is 23.4. The van der Waals surface area contributed by atoms with Crippen molar-refractivity contribution in [2.24, 2.45) is 0 Å². The molecule has 2 nitrogen and oxygen atoms in total. The van der Waals surface area contributed by atoms with Gasteiger partial charge in [-0.3, -0.25) is 0 Å². The van der Waals surface area contributed by atoms with Crippen molar-refractivity contribution in [3.05, 3.63) is 60.7 Å². The maximum atomic E-state index is 12.2. The summed E-state index contributed by atoms with van der Waals surface area (Å²) in [4.78, 5) is 0. The molecule has 0 saturated carbocycles. The molecule has 0 bridgehead atoms. The molecule has 0 atom stereocenters. The zero-order valence-electron chi connectivity index (χ0n) is 8.08. The van der Waals surface area contributed by atoms with E-state index in [1.807, 2.05) is 12.1 Å². The van der Waals surface area contributed by atoms with Crippen molar-refractivity contribution in [3.63, 3.8) is 0 Å². The Hall–Kier alpha value is -1.24. The summed E-state index contributed by atoms with van der Waals surface area (Å²) in [6.45, 7) is 0. The number of benzene rings is 2. The normalized spacial score (nSPS) is 11.3. The summed E-state index contributed by atoms with van der Waals surface area (Å²) in [7, 11) is 0. The van der Waals surface area contributed by atoms with Crippen LogP contribution in [-0.2, 0) is 3.74 Å². The Balaban J connectivity index is 2.50. The van der Waals surface area contributed by atoms with Crippen LogP contribution in [0.4, 0.5) is 0 Å². The molecule has 2 aromatic rings. The third kappa shape index (κ3) is 2.06. The standard InChI is InChI=1S/C12H11AsO2/c14-13(15,11-7-3-1-4-8-11)12-9-5-2-6-10-12/h1-10H,(H,14,15). The predicted molar refractivity (Wildman–Crippen MR) is 60.8 cm³/mol. The van der Waals surface area contributed by atoms with Gasteiger partial charge in [0.05, 0.1) is 0 Å². The minimum absolute atomic E-state index is 0.529. The quantitative estimate of drug-likeness (QED) is 0.807. The van der Waals surface area contributed by atoms with Crippen LogP contribution >= 0.6 is 0 Å². The molecular weight excluding hydrogens is 251 g/mol. The summed E-state index contributed by atoms with van der Waals surface area (Å²) in [5, 5.41) is 0. The Morgan fingerprint density at radius 2 is 1.07 bits per heavy atom. The fourth-order valence-electron chi connectivity index (χ4n) is 1.41. The summed E-state index contributed by atoms with van der Waals surface area (Å²) in [6.07, 6.45) is 0. The molecular formula is C12H11AsO2. The van der Waals surface area contributed by atoms with Gasteiger partial charge in [-0.05, 0) is 0 Å². The molecule has 1 N–H and O–H groups in total. The van der Waals surface area contributed by atoms with E-state index in [1.165, 1.54) is 0 Å². The van der Waals surface area contributed by atoms with Crippen molar-refractivity contribution in [2.75, 3.05) is 0 Å². The molecule has 2 rings (SSSR count). The minimum atomic E-state index is -4.07. The van der Waals surface area contributed by atoms with Gasteiger partial charge in [0, 0.05) is 0 Å². The molecule has 76 valence electrons. The van der Waals surface area contributed by atoms with Crippen molar-refractivity contribution in [3.8, 4) is 0 Å². The van der Waals surface area contributed by atoms with Gasteiger partial charge in [-0.2, -0.15) is 0 Å². The van der Waals surface area contributed by atoms with Crippen molar-refractivity contribution < 1.29 is 7.84 Å². The number of hydrogen-bond donors (Lipinski definition) is 1. The second-order valence-corrected chi connectivity index (χ2v) is 7.83. The second-order valence-electron chi connectivity index (χ2n) is 3.25. The Morgan fingerprint density at radius 3 is 1.40 bits per heavy atom. The molecule has 0 amide bonds. The predicted octanol–water partition coefficient (Wildman–Crippen LogP) is 0.666. The molecule has 0 heterocycles. The summed E-state index contributed by atoms with van der Waals surface area (Å²) >= 11 is -4.07. The molecule has 0 spiro atoms. The van der Waals surface area contributed by atoms with Gasteiger partial charge in [-0.25, -0.2) is 0 Å². The first-order chi connectivity index (χ1) is 7.21. The van der Waals surface area contributed by atoms with Crippen LogP contribution in [0.5, 0.6) is 0 Å². The maximum absolute atomic E-state index is 12.2. The van der Waals surface area contributed by atoms with Crippen LogP contribution in [0.15, 0.2) is 60.7 Å². The van der Waals surface area contributed by atoms with Gasteiger partial charge in [0.2, 0.25) is 0 Å². The van der Waals surface area contributed by atoms with Crippen LogP contribution in [0.3, 0.4) is 0 Å². The van der Waals surface area contributed by atoms with E-state index in [0.29, 0.717) is 8.70 Å².